The molecule has 0 saturated carbocycles. The molecule has 1 aromatic carbocycles. The minimum atomic E-state index is -0.309. The van der Waals surface area contributed by atoms with E-state index >= 15 is 0 Å². The van der Waals surface area contributed by atoms with Crippen LogP contribution in [0.15, 0.2) is 36.7 Å². The molecule has 21 heavy (non-hydrogen) atoms. The predicted molar refractivity (Wildman–Crippen MR) is 75.8 cm³/mol. The van der Waals surface area contributed by atoms with Crippen LogP contribution < -0.4 is 10.1 Å². The number of carbonyl (C=O) groups is 1. The summed E-state index contributed by atoms with van der Waals surface area (Å²) in [5, 5.41) is 2.75. The van der Waals surface area contributed by atoms with E-state index in [1.54, 1.807) is 0 Å². The number of nitrogens with zero attached hydrogens (tertiary/aromatic N) is 3. The molecule has 0 unspecified atom stereocenters. The van der Waals surface area contributed by atoms with Gasteiger partial charge in [-0.25, -0.2) is 15.0 Å². The van der Waals surface area contributed by atoms with Gasteiger partial charge in [0.2, 0.25) is 5.88 Å². The lowest BCUT2D eigenvalue weighted by Crippen LogP contribution is -2.24. The molecule has 2 N–H and O–H groups in total. The van der Waals surface area contributed by atoms with Gasteiger partial charge in [0.15, 0.2) is 0 Å². The number of hydrogen-bond acceptors (Lipinski definition) is 5. The molecule has 106 valence electrons. The van der Waals surface area contributed by atoms with Gasteiger partial charge in [0.1, 0.15) is 17.8 Å². The van der Waals surface area contributed by atoms with Gasteiger partial charge in [-0.3, -0.25) is 4.79 Å². The maximum atomic E-state index is 12.0. The van der Waals surface area contributed by atoms with Crippen molar-refractivity contribution in [2.45, 2.75) is 6.54 Å². The van der Waals surface area contributed by atoms with Gasteiger partial charge in [0.25, 0.3) is 5.91 Å². The number of benzene rings is 1. The third kappa shape index (κ3) is 2.81. The number of carbonyl (C=O) groups excluding carboxylic acids is 1. The highest BCUT2D eigenvalue weighted by Gasteiger charge is 2.10. The largest absolute Gasteiger partial charge is 0.481 e. The fourth-order valence-corrected chi connectivity index (χ4v) is 1.92. The molecule has 1 amide bonds. The maximum absolute atomic E-state index is 12.0. The Labute approximate surface area is 120 Å². The zero-order valence-corrected chi connectivity index (χ0v) is 11.3. The summed E-state index contributed by atoms with van der Waals surface area (Å²) in [7, 11) is 1.48. The second-order valence-electron chi connectivity index (χ2n) is 4.33. The van der Waals surface area contributed by atoms with E-state index in [-0.39, 0.29) is 11.6 Å². The molecule has 0 atom stereocenters. The van der Waals surface area contributed by atoms with E-state index in [1.807, 2.05) is 24.3 Å². The quantitative estimate of drug-likeness (QED) is 0.752. The summed E-state index contributed by atoms with van der Waals surface area (Å²) in [6.45, 7) is 0.291. The van der Waals surface area contributed by atoms with Gasteiger partial charge in [0, 0.05) is 6.07 Å². The SMILES string of the molecule is COc1cc(C(=O)NCc2nc3ccccc3[nH]2)ncn1. The molecule has 3 aromatic rings. The van der Waals surface area contributed by atoms with Crippen LogP contribution in [0.3, 0.4) is 0 Å². The third-order valence-corrected chi connectivity index (χ3v) is 2.94. The van der Waals surface area contributed by atoms with Gasteiger partial charge in [0.05, 0.1) is 24.7 Å². The molecule has 0 saturated heterocycles. The third-order valence-electron chi connectivity index (χ3n) is 2.94. The van der Waals surface area contributed by atoms with Crippen LogP contribution in [-0.2, 0) is 6.54 Å². The highest BCUT2D eigenvalue weighted by atomic mass is 16.5. The lowest BCUT2D eigenvalue weighted by atomic mass is 10.3. The number of nitrogens with one attached hydrogen (secondary N) is 2. The van der Waals surface area contributed by atoms with E-state index in [4.69, 9.17) is 4.74 Å². The number of amides is 1. The number of imidazole rings is 1. The van der Waals surface area contributed by atoms with Crippen LogP contribution in [0.4, 0.5) is 0 Å². The number of rotatable bonds is 4. The van der Waals surface area contributed by atoms with Crippen molar-refractivity contribution in [1.82, 2.24) is 25.3 Å². The summed E-state index contributed by atoms with van der Waals surface area (Å²) in [5.74, 6) is 0.723. The molecule has 0 aliphatic carbocycles. The van der Waals surface area contributed by atoms with Crippen molar-refractivity contribution in [3.05, 3.63) is 48.2 Å². The van der Waals surface area contributed by atoms with Crippen molar-refractivity contribution >= 4 is 16.9 Å². The molecule has 7 heteroatoms. The standard InChI is InChI=1S/C14H13N5O2/c1-21-13-6-11(16-8-17-13)14(20)15-7-12-18-9-4-2-3-5-10(9)19-12/h2-6,8H,7H2,1H3,(H,15,20)(H,18,19). The van der Waals surface area contributed by atoms with Crippen molar-refractivity contribution in [3.63, 3.8) is 0 Å². The van der Waals surface area contributed by atoms with Gasteiger partial charge in [-0.2, -0.15) is 0 Å². The molecular formula is C14H13N5O2. The van der Waals surface area contributed by atoms with Crippen molar-refractivity contribution in [1.29, 1.82) is 0 Å². The van der Waals surface area contributed by atoms with E-state index in [1.165, 1.54) is 19.5 Å². The lowest BCUT2D eigenvalue weighted by Gasteiger charge is -2.03. The highest BCUT2D eigenvalue weighted by molar-refractivity contribution is 5.92. The van der Waals surface area contributed by atoms with Crippen LogP contribution in [0.1, 0.15) is 16.3 Å². The summed E-state index contributed by atoms with van der Waals surface area (Å²) in [5.41, 5.74) is 2.05. The monoisotopic (exact) mass is 283 g/mol. The second-order valence-corrected chi connectivity index (χ2v) is 4.33. The number of para-hydroxylation sites is 2. The topological polar surface area (TPSA) is 92.8 Å². The second kappa shape index (κ2) is 5.58. The molecule has 2 aromatic heterocycles. The van der Waals surface area contributed by atoms with Gasteiger partial charge >= 0.3 is 0 Å². The summed E-state index contributed by atoms with van der Waals surface area (Å²) in [6, 6.07) is 9.16. The smallest absolute Gasteiger partial charge is 0.270 e. The van der Waals surface area contributed by atoms with Crippen LogP contribution in [0.2, 0.25) is 0 Å². The first-order chi connectivity index (χ1) is 10.3. The lowest BCUT2D eigenvalue weighted by molar-refractivity contribution is 0.0944. The molecule has 3 rings (SSSR count). The summed E-state index contributed by atoms with van der Waals surface area (Å²) in [6.07, 6.45) is 1.29. The molecule has 0 aliphatic rings. The molecule has 0 radical (unpaired) electrons. The molecule has 0 aliphatic heterocycles. The van der Waals surface area contributed by atoms with Gasteiger partial charge in [-0.05, 0) is 12.1 Å². The number of aromatic nitrogens is 4. The Hall–Kier alpha value is -2.96. The number of ether oxygens (including phenoxy) is 1. The van der Waals surface area contributed by atoms with E-state index in [0.717, 1.165) is 11.0 Å². The minimum absolute atomic E-state index is 0.248. The number of fused-ring (bicyclic) bond motifs is 1. The Bertz CT molecular complexity index is 751. The van der Waals surface area contributed by atoms with Gasteiger partial charge < -0.3 is 15.0 Å². The minimum Gasteiger partial charge on any atom is -0.481 e. The molecule has 0 spiro atoms. The normalized spacial score (nSPS) is 10.5. The predicted octanol–water partition coefficient (Wildman–Crippen LogP) is 1.29. The number of aromatic amines is 1. The zero-order chi connectivity index (χ0) is 14.7. The Morgan fingerprint density at radius 1 is 1.33 bits per heavy atom. The molecule has 0 fully saturated rings. The van der Waals surface area contributed by atoms with Crippen LogP contribution in [0, 0.1) is 0 Å². The Kier molecular flexibility index (Phi) is 3.46. The molecule has 0 bridgehead atoms. The number of hydrogen-bond donors (Lipinski definition) is 2. The fourth-order valence-electron chi connectivity index (χ4n) is 1.92. The Balaban J connectivity index is 1.70. The van der Waals surface area contributed by atoms with Crippen LogP contribution >= 0.6 is 0 Å². The highest BCUT2D eigenvalue weighted by Crippen LogP contribution is 2.10. The average molecular weight is 283 g/mol. The van der Waals surface area contributed by atoms with Gasteiger partial charge in [-0.1, -0.05) is 12.1 Å². The summed E-state index contributed by atoms with van der Waals surface area (Å²) >= 11 is 0. The average Bonchev–Trinajstić information content (AvgIpc) is 2.95. The number of methoxy groups -OCH3 is 1. The zero-order valence-electron chi connectivity index (χ0n) is 11.3. The van der Waals surface area contributed by atoms with Crippen molar-refractivity contribution in [3.8, 4) is 5.88 Å². The Morgan fingerprint density at radius 2 is 2.19 bits per heavy atom. The van der Waals surface area contributed by atoms with Gasteiger partial charge in [-0.15, -0.1) is 0 Å². The van der Waals surface area contributed by atoms with E-state index < -0.39 is 0 Å². The van der Waals surface area contributed by atoms with Crippen LogP contribution in [0.5, 0.6) is 5.88 Å². The first-order valence-corrected chi connectivity index (χ1v) is 6.34. The van der Waals surface area contributed by atoms with E-state index in [9.17, 15) is 4.79 Å². The molecule has 7 nitrogen and oxygen atoms in total. The molecular weight excluding hydrogens is 270 g/mol. The van der Waals surface area contributed by atoms with Crippen LogP contribution in [0.25, 0.3) is 11.0 Å². The van der Waals surface area contributed by atoms with E-state index in [2.05, 4.69) is 25.3 Å². The Morgan fingerprint density at radius 3 is 3.00 bits per heavy atom. The summed E-state index contributed by atoms with van der Waals surface area (Å²) in [4.78, 5) is 27.3. The summed E-state index contributed by atoms with van der Waals surface area (Å²) < 4.78 is 4.96. The van der Waals surface area contributed by atoms with E-state index in [0.29, 0.717) is 18.2 Å². The fraction of sp³-hybridized carbons (Fsp3) is 0.143. The first-order valence-electron chi connectivity index (χ1n) is 6.34. The van der Waals surface area contributed by atoms with Crippen molar-refractivity contribution in [2.75, 3.05) is 7.11 Å². The molecule has 2 heterocycles. The number of H-pyrrole nitrogens is 1. The maximum Gasteiger partial charge on any atom is 0.270 e. The van der Waals surface area contributed by atoms with Crippen molar-refractivity contribution in [2.24, 2.45) is 0 Å². The van der Waals surface area contributed by atoms with Crippen LogP contribution in [-0.4, -0.2) is 33.0 Å². The first kappa shape index (κ1) is 13.0. The van der Waals surface area contributed by atoms with Crippen molar-refractivity contribution < 1.29 is 9.53 Å².